The molecule has 2 aromatic carbocycles. The summed E-state index contributed by atoms with van der Waals surface area (Å²) in [5, 5.41) is 0. The second kappa shape index (κ2) is 6.92. The zero-order valence-electron chi connectivity index (χ0n) is 14.0. The van der Waals surface area contributed by atoms with Gasteiger partial charge in [0, 0.05) is 6.54 Å². The third kappa shape index (κ3) is 3.43. The van der Waals surface area contributed by atoms with E-state index in [0.717, 1.165) is 6.07 Å². The van der Waals surface area contributed by atoms with Crippen molar-refractivity contribution in [2.24, 2.45) is 0 Å². The summed E-state index contributed by atoms with van der Waals surface area (Å²) in [6.45, 7) is 0.186. The number of rotatable bonds is 4. The molecule has 0 N–H and O–H groups in total. The van der Waals surface area contributed by atoms with Crippen LogP contribution in [0.1, 0.15) is 30.0 Å². The maximum atomic E-state index is 13.3. The summed E-state index contributed by atoms with van der Waals surface area (Å²) < 4.78 is 72.2. The molecule has 0 radical (unpaired) electrons. The predicted octanol–water partition coefficient (Wildman–Crippen LogP) is 4.24. The van der Waals surface area contributed by atoms with Crippen molar-refractivity contribution in [3.05, 3.63) is 59.7 Å². The SMILES string of the molecule is COc1ccc(S(=O)(=O)N2CCCC2c2ccccc2C(F)(F)F)cc1. The molecule has 1 unspecified atom stereocenters. The summed E-state index contributed by atoms with van der Waals surface area (Å²) in [4.78, 5) is 0.0367. The fourth-order valence-electron chi connectivity index (χ4n) is 3.27. The van der Waals surface area contributed by atoms with E-state index in [1.54, 1.807) is 0 Å². The molecular weight excluding hydrogens is 367 g/mol. The number of alkyl halides is 3. The van der Waals surface area contributed by atoms with Gasteiger partial charge in [-0.2, -0.15) is 17.5 Å². The summed E-state index contributed by atoms with van der Waals surface area (Å²) >= 11 is 0. The number of benzene rings is 2. The Kier molecular flexibility index (Phi) is 4.98. The van der Waals surface area contributed by atoms with Crippen LogP contribution in [0, 0.1) is 0 Å². The molecule has 0 aliphatic carbocycles. The molecule has 26 heavy (non-hydrogen) atoms. The largest absolute Gasteiger partial charge is 0.497 e. The van der Waals surface area contributed by atoms with E-state index < -0.39 is 27.8 Å². The Morgan fingerprint density at radius 2 is 1.73 bits per heavy atom. The van der Waals surface area contributed by atoms with Crippen molar-refractivity contribution >= 4 is 10.0 Å². The number of sulfonamides is 1. The molecule has 8 heteroatoms. The van der Waals surface area contributed by atoms with Crippen molar-refractivity contribution in [3.63, 3.8) is 0 Å². The molecule has 0 bridgehead atoms. The second-order valence-electron chi connectivity index (χ2n) is 6.03. The van der Waals surface area contributed by atoms with Gasteiger partial charge in [-0.3, -0.25) is 0 Å². The zero-order chi connectivity index (χ0) is 18.9. The highest BCUT2D eigenvalue weighted by Crippen LogP contribution is 2.42. The van der Waals surface area contributed by atoms with Crippen LogP contribution >= 0.6 is 0 Å². The second-order valence-corrected chi connectivity index (χ2v) is 7.92. The first-order valence-corrected chi connectivity index (χ1v) is 9.51. The van der Waals surface area contributed by atoms with Crippen LogP contribution in [0.2, 0.25) is 0 Å². The molecule has 1 aliphatic heterocycles. The molecule has 0 amide bonds. The van der Waals surface area contributed by atoms with E-state index in [-0.39, 0.29) is 17.0 Å². The Labute approximate surface area is 150 Å². The van der Waals surface area contributed by atoms with E-state index in [1.165, 1.54) is 53.9 Å². The van der Waals surface area contributed by atoms with Crippen LogP contribution in [0.5, 0.6) is 5.75 Å². The Morgan fingerprint density at radius 3 is 2.35 bits per heavy atom. The van der Waals surface area contributed by atoms with Gasteiger partial charge in [-0.25, -0.2) is 8.42 Å². The van der Waals surface area contributed by atoms with Crippen LogP contribution in [0.4, 0.5) is 13.2 Å². The summed E-state index contributed by atoms with van der Waals surface area (Å²) in [6, 6.07) is 10.2. The standard InChI is InChI=1S/C18H18F3NO3S/c1-25-13-8-10-14(11-9-13)26(23,24)22-12-4-7-17(22)15-5-2-3-6-16(15)18(19,20)21/h2-3,5-6,8-11,17H,4,7,12H2,1H3. The summed E-state index contributed by atoms with van der Waals surface area (Å²) in [6.07, 6.45) is -3.68. The van der Waals surface area contributed by atoms with Crippen molar-refractivity contribution in [3.8, 4) is 5.75 Å². The molecule has 1 heterocycles. The number of hydrogen-bond donors (Lipinski definition) is 0. The molecule has 0 spiro atoms. The fraction of sp³-hybridized carbons (Fsp3) is 0.333. The van der Waals surface area contributed by atoms with Crippen LogP contribution in [-0.4, -0.2) is 26.4 Å². The van der Waals surface area contributed by atoms with Gasteiger partial charge in [0.05, 0.1) is 23.6 Å². The first-order chi connectivity index (χ1) is 12.2. The summed E-state index contributed by atoms with van der Waals surface area (Å²) in [7, 11) is -2.45. The quantitative estimate of drug-likeness (QED) is 0.791. The Balaban J connectivity index is 2.01. The lowest BCUT2D eigenvalue weighted by Gasteiger charge is -2.26. The highest BCUT2D eigenvalue weighted by molar-refractivity contribution is 7.89. The average Bonchev–Trinajstić information content (AvgIpc) is 3.11. The Bertz CT molecular complexity index is 879. The first kappa shape index (κ1) is 18.7. The number of ether oxygens (including phenoxy) is 1. The number of nitrogens with zero attached hydrogens (tertiary/aromatic N) is 1. The van der Waals surface area contributed by atoms with Gasteiger partial charge in [0.25, 0.3) is 0 Å². The molecule has 0 saturated carbocycles. The van der Waals surface area contributed by atoms with Gasteiger partial charge in [-0.1, -0.05) is 18.2 Å². The minimum Gasteiger partial charge on any atom is -0.497 e. The van der Waals surface area contributed by atoms with Gasteiger partial charge in [0.1, 0.15) is 5.75 Å². The molecule has 4 nitrogen and oxygen atoms in total. The van der Waals surface area contributed by atoms with Gasteiger partial charge >= 0.3 is 6.18 Å². The number of hydrogen-bond acceptors (Lipinski definition) is 3. The average molecular weight is 385 g/mol. The first-order valence-electron chi connectivity index (χ1n) is 8.07. The molecule has 1 fully saturated rings. The highest BCUT2D eigenvalue weighted by atomic mass is 32.2. The van der Waals surface area contributed by atoms with Gasteiger partial charge < -0.3 is 4.74 Å². The third-order valence-electron chi connectivity index (χ3n) is 4.49. The van der Waals surface area contributed by atoms with Crippen molar-refractivity contribution in [2.75, 3.05) is 13.7 Å². The highest BCUT2D eigenvalue weighted by Gasteiger charge is 2.41. The lowest BCUT2D eigenvalue weighted by Crippen LogP contribution is -2.31. The summed E-state index contributed by atoms with van der Waals surface area (Å²) in [5.41, 5.74) is -0.795. The lowest BCUT2D eigenvalue weighted by molar-refractivity contribution is -0.138. The van der Waals surface area contributed by atoms with E-state index >= 15 is 0 Å². The zero-order valence-corrected chi connectivity index (χ0v) is 14.8. The number of methoxy groups -OCH3 is 1. The minimum atomic E-state index is -4.53. The van der Waals surface area contributed by atoms with Crippen LogP contribution in [-0.2, 0) is 16.2 Å². The predicted molar refractivity (Wildman–Crippen MR) is 90.3 cm³/mol. The van der Waals surface area contributed by atoms with Gasteiger partial charge in [-0.05, 0) is 48.7 Å². The van der Waals surface area contributed by atoms with E-state index in [1.807, 2.05) is 0 Å². The normalized spacial score (nSPS) is 18.8. The molecule has 2 aromatic rings. The summed E-state index contributed by atoms with van der Waals surface area (Å²) in [5.74, 6) is 0.504. The van der Waals surface area contributed by atoms with Crippen molar-refractivity contribution in [1.29, 1.82) is 0 Å². The minimum absolute atomic E-state index is 0.00501. The third-order valence-corrected chi connectivity index (χ3v) is 6.42. The van der Waals surface area contributed by atoms with Crippen molar-refractivity contribution in [2.45, 2.75) is 30.0 Å². The van der Waals surface area contributed by atoms with E-state index in [2.05, 4.69) is 0 Å². The van der Waals surface area contributed by atoms with Crippen LogP contribution < -0.4 is 4.74 Å². The smallest absolute Gasteiger partial charge is 0.416 e. The Morgan fingerprint density at radius 1 is 1.08 bits per heavy atom. The van der Waals surface area contributed by atoms with E-state index in [0.29, 0.717) is 18.6 Å². The van der Waals surface area contributed by atoms with Gasteiger partial charge in [-0.15, -0.1) is 0 Å². The van der Waals surface area contributed by atoms with Gasteiger partial charge in [0.15, 0.2) is 0 Å². The monoisotopic (exact) mass is 385 g/mol. The molecule has 0 aromatic heterocycles. The van der Waals surface area contributed by atoms with Gasteiger partial charge in [0.2, 0.25) is 10.0 Å². The molecule has 1 atom stereocenters. The van der Waals surface area contributed by atoms with E-state index in [4.69, 9.17) is 4.74 Å². The van der Waals surface area contributed by atoms with Crippen LogP contribution in [0.15, 0.2) is 53.4 Å². The van der Waals surface area contributed by atoms with E-state index in [9.17, 15) is 21.6 Å². The molecule has 3 rings (SSSR count). The van der Waals surface area contributed by atoms with Crippen LogP contribution in [0.3, 0.4) is 0 Å². The van der Waals surface area contributed by atoms with Crippen molar-refractivity contribution in [1.82, 2.24) is 4.31 Å². The number of halogens is 3. The molecule has 1 aliphatic rings. The lowest BCUT2D eigenvalue weighted by atomic mass is 9.99. The molecule has 140 valence electrons. The van der Waals surface area contributed by atoms with Crippen molar-refractivity contribution < 1.29 is 26.3 Å². The Hall–Kier alpha value is -2.06. The molecule has 1 saturated heterocycles. The maximum absolute atomic E-state index is 13.3. The topological polar surface area (TPSA) is 46.6 Å². The fourth-order valence-corrected chi connectivity index (χ4v) is 4.94. The molecular formula is C18H18F3NO3S. The van der Waals surface area contributed by atoms with Crippen LogP contribution in [0.25, 0.3) is 0 Å². The maximum Gasteiger partial charge on any atom is 0.416 e.